The van der Waals surface area contributed by atoms with Gasteiger partial charge in [-0.25, -0.2) is 0 Å². The standard InChI is InChI=1S/C20H27N3O3/c1-3-22-10-12-23(13-11-22)18(16-6-8-17(25-2)9-7-16)15-21-20(24)19-5-4-14-26-19/h4-9,14,18H,3,10-13,15H2,1-2H3,(H,21,24). The van der Waals surface area contributed by atoms with Gasteiger partial charge in [-0.1, -0.05) is 19.1 Å². The van der Waals surface area contributed by atoms with Crippen molar-refractivity contribution < 1.29 is 13.9 Å². The smallest absolute Gasteiger partial charge is 0.287 e. The van der Waals surface area contributed by atoms with Crippen LogP contribution in [0.25, 0.3) is 0 Å². The second-order valence-electron chi connectivity index (χ2n) is 6.45. The number of ether oxygens (including phenoxy) is 1. The van der Waals surface area contributed by atoms with Gasteiger partial charge in [0.2, 0.25) is 0 Å². The summed E-state index contributed by atoms with van der Waals surface area (Å²) in [5, 5.41) is 3.02. The van der Waals surface area contributed by atoms with Gasteiger partial charge in [0.1, 0.15) is 5.75 Å². The number of nitrogens with zero attached hydrogens (tertiary/aromatic N) is 2. The summed E-state index contributed by atoms with van der Waals surface area (Å²) in [6, 6.07) is 11.6. The Bertz CT molecular complexity index is 677. The number of furan rings is 1. The van der Waals surface area contributed by atoms with Crippen LogP contribution in [0.5, 0.6) is 5.75 Å². The summed E-state index contributed by atoms with van der Waals surface area (Å²) in [6.45, 7) is 7.89. The maximum Gasteiger partial charge on any atom is 0.287 e. The molecule has 140 valence electrons. The average molecular weight is 357 g/mol. The molecule has 1 amide bonds. The summed E-state index contributed by atoms with van der Waals surface area (Å²) in [4.78, 5) is 17.2. The minimum atomic E-state index is -0.180. The second kappa shape index (κ2) is 8.87. The number of likely N-dealkylation sites (N-methyl/N-ethyl adjacent to an activating group) is 1. The number of amides is 1. The number of benzene rings is 1. The molecule has 0 bridgehead atoms. The maximum atomic E-state index is 12.3. The lowest BCUT2D eigenvalue weighted by Crippen LogP contribution is -2.49. The Labute approximate surface area is 154 Å². The van der Waals surface area contributed by atoms with Gasteiger partial charge in [-0.15, -0.1) is 0 Å². The molecule has 1 atom stereocenters. The Morgan fingerprint density at radius 3 is 2.50 bits per heavy atom. The van der Waals surface area contributed by atoms with Crippen LogP contribution in [-0.2, 0) is 0 Å². The second-order valence-corrected chi connectivity index (χ2v) is 6.45. The number of rotatable bonds is 7. The van der Waals surface area contributed by atoms with Gasteiger partial charge in [0.05, 0.1) is 19.4 Å². The molecule has 0 spiro atoms. The number of piperazine rings is 1. The molecule has 6 nitrogen and oxygen atoms in total. The van der Waals surface area contributed by atoms with E-state index in [4.69, 9.17) is 9.15 Å². The zero-order valence-electron chi connectivity index (χ0n) is 15.5. The molecule has 0 saturated carbocycles. The van der Waals surface area contributed by atoms with Gasteiger partial charge < -0.3 is 19.4 Å². The number of nitrogens with one attached hydrogen (secondary N) is 1. The number of methoxy groups -OCH3 is 1. The molecule has 3 rings (SSSR count). The van der Waals surface area contributed by atoms with E-state index in [1.165, 1.54) is 11.8 Å². The number of hydrogen-bond acceptors (Lipinski definition) is 5. The predicted molar refractivity (Wildman–Crippen MR) is 100 cm³/mol. The van der Waals surface area contributed by atoms with Crippen molar-refractivity contribution in [2.45, 2.75) is 13.0 Å². The fraction of sp³-hybridized carbons (Fsp3) is 0.450. The van der Waals surface area contributed by atoms with E-state index >= 15 is 0 Å². The van der Waals surface area contributed by atoms with Crippen LogP contribution < -0.4 is 10.1 Å². The SMILES string of the molecule is CCN1CCN(C(CNC(=O)c2ccco2)c2ccc(OC)cc2)CC1. The molecule has 1 unspecified atom stereocenters. The van der Waals surface area contributed by atoms with Crippen LogP contribution in [0.3, 0.4) is 0 Å². The average Bonchev–Trinajstić information content (AvgIpc) is 3.24. The van der Waals surface area contributed by atoms with E-state index in [1.54, 1.807) is 19.2 Å². The first-order chi connectivity index (χ1) is 12.7. The number of hydrogen-bond donors (Lipinski definition) is 1. The molecule has 2 heterocycles. The van der Waals surface area contributed by atoms with Crippen molar-refractivity contribution >= 4 is 5.91 Å². The van der Waals surface area contributed by atoms with Crippen molar-refractivity contribution in [1.29, 1.82) is 0 Å². The molecule has 1 aliphatic rings. The lowest BCUT2D eigenvalue weighted by molar-refractivity contribution is 0.0836. The number of carbonyl (C=O) groups is 1. The van der Waals surface area contributed by atoms with Gasteiger partial charge in [0.25, 0.3) is 5.91 Å². The predicted octanol–water partition coefficient (Wildman–Crippen LogP) is 2.40. The lowest BCUT2D eigenvalue weighted by Gasteiger charge is -2.39. The molecule has 1 aromatic heterocycles. The van der Waals surface area contributed by atoms with E-state index in [9.17, 15) is 4.79 Å². The van der Waals surface area contributed by atoms with E-state index in [0.717, 1.165) is 38.5 Å². The van der Waals surface area contributed by atoms with Crippen LogP contribution in [0.1, 0.15) is 29.1 Å². The minimum Gasteiger partial charge on any atom is -0.497 e. The summed E-state index contributed by atoms with van der Waals surface area (Å²) >= 11 is 0. The summed E-state index contributed by atoms with van der Waals surface area (Å²) in [5.41, 5.74) is 1.18. The summed E-state index contributed by atoms with van der Waals surface area (Å²) in [5.74, 6) is 0.998. The van der Waals surface area contributed by atoms with Crippen molar-refractivity contribution in [2.75, 3.05) is 46.4 Å². The van der Waals surface area contributed by atoms with E-state index in [-0.39, 0.29) is 11.9 Å². The quantitative estimate of drug-likeness (QED) is 0.825. The molecule has 1 aromatic carbocycles. The molecule has 1 fully saturated rings. The van der Waals surface area contributed by atoms with Gasteiger partial charge >= 0.3 is 0 Å². The largest absolute Gasteiger partial charge is 0.497 e. The lowest BCUT2D eigenvalue weighted by atomic mass is 10.0. The molecule has 1 saturated heterocycles. The topological polar surface area (TPSA) is 58.0 Å². The highest BCUT2D eigenvalue weighted by molar-refractivity contribution is 5.91. The molecule has 1 aliphatic heterocycles. The van der Waals surface area contributed by atoms with Crippen LogP contribution in [0, 0.1) is 0 Å². The molecule has 0 radical (unpaired) electrons. The third kappa shape index (κ3) is 4.45. The van der Waals surface area contributed by atoms with Crippen molar-refractivity contribution in [3.8, 4) is 5.75 Å². The third-order valence-corrected chi connectivity index (χ3v) is 5.00. The number of carbonyl (C=O) groups excluding carboxylic acids is 1. The first-order valence-electron chi connectivity index (χ1n) is 9.13. The molecular weight excluding hydrogens is 330 g/mol. The van der Waals surface area contributed by atoms with E-state index in [0.29, 0.717) is 12.3 Å². The molecule has 26 heavy (non-hydrogen) atoms. The summed E-state index contributed by atoms with van der Waals surface area (Å²) in [6.07, 6.45) is 1.51. The zero-order valence-corrected chi connectivity index (χ0v) is 15.5. The van der Waals surface area contributed by atoms with Gasteiger partial charge in [0.15, 0.2) is 5.76 Å². The Balaban J connectivity index is 1.71. The van der Waals surface area contributed by atoms with Crippen molar-refractivity contribution in [3.63, 3.8) is 0 Å². The molecule has 1 N–H and O–H groups in total. The molecule has 0 aliphatic carbocycles. The highest BCUT2D eigenvalue weighted by atomic mass is 16.5. The van der Waals surface area contributed by atoms with Crippen LogP contribution in [0.2, 0.25) is 0 Å². The molecule has 2 aromatic rings. The maximum absolute atomic E-state index is 12.3. The highest BCUT2D eigenvalue weighted by Gasteiger charge is 2.25. The Kier molecular flexibility index (Phi) is 6.30. The summed E-state index contributed by atoms with van der Waals surface area (Å²) < 4.78 is 10.5. The molecular formula is C20H27N3O3. The normalized spacial score (nSPS) is 17.0. The Morgan fingerprint density at radius 2 is 1.92 bits per heavy atom. The first-order valence-corrected chi connectivity index (χ1v) is 9.13. The monoisotopic (exact) mass is 357 g/mol. The fourth-order valence-corrected chi connectivity index (χ4v) is 3.36. The van der Waals surface area contributed by atoms with Gasteiger partial charge in [0, 0.05) is 32.7 Å². The van der Waals surface area contributed by atoms with E-state index < -0.39 is 0 Å². The van der Waals surface area contributed by atoms with Crippen LogP contribution in [0.15, 0.2) is 47.1 Å². The molecule has 6 heteroatoms. The zero-order chi connectivity index (χ0) is 18.4. The van der Waals surface area contributed by atoms with Crippen molar-refractivity contribution in [1.82, 2.24) is 15.1 Å². The first kappa shape index (κ1) is 18.5. The van der Waals surface area contributed by atoms with Crippen LogP contribution in [0.4, 0.5) is 0 Å². The van der Waals surface area contributed by atoms with Crippen LogP contribution >= 0.6 is 0 Å². The van der Waals surface area contributed by atoms with Crippen molar-refractivity contribution in [3.05, 3.63) is 54.0 Å². The van der Waals surface area contributed by atoms with E-state index in [2.05, 4.69) is 34.2 Å². The summed E-state index contributed by atoms with van der Waals surface area (Å²) in [7, 11) is 1.67. The van der Waals surface area contributed by atoms with Gasteiger partial charge in [-0.05, 0) is 36.4 Å². The Morgan fingerprint density at radius 1 is 1.19 bits per heavy atom. The Hall–Kier alpha value is -2.31. The highest BCUT2D eigenvalue weighted by Crippen LogP contribution is 2.24. The fourth-order valence-electron chi connectivity index (χ4n) is 3.36. The van der Waals surface area contributed by atoms with Gasteiger partial charge in [-0.2, -0.15) is 0 Å². The third-order valence-electron chi connectivity index (χ3n) is 5.00. The van der Waals surface area contributed by atoms with Crippen molar-refractivity contribution in [2.24, 2.45) is 0 Å². The van der Waals surface area contributed by atoms with Crippen LogP contribution in [-0.4, -0.2) is 62.1 Å². The minimum absolute atomic E-state index is 0.124. The van der Waals surface area contributed by atoms with E-state index in [1.807, 2.05) is 12.1 Å². The van der Waals surface area contributed by atoms with Gasteiger partial charge in [-0.3, -0.25) is 9.69 Å².